The molecule has 0 amide bonds. The number of ketones is 3. The number of hydrogen-bond donors (Lipinski definition) is 4. The van der Waals surface area contributed by atoms with E-state index in [0.717, 1.165) is 42.9 Å². The average Bonchev–Trinajstić information content (AvgIpc) is 3.52. The molecule has 0 spiro atoms. The molecule has 6 atom stereocenters. The van der Waals surface area contributed by atoms with Gasteiger partial charge in [-0.1, -0.05) is 110 Å². The highest BCUT2D eigenvalue weighted by Gasteiger charge is 2.72. The van der Waals surface area contributed by atoms with Crippen molar-refractivity contribution in [3.05, 3.63) is 94.3 Å². The fourth-order valence-corrected chi connectivity index (χ4v) is 10.6. The molecule has 3 unspecified atom stereocenters. The van der Waals surface area contributed by atoms with Crippen molar-refractivity contribution in [2.24, 2.45) is 39.9 Å². The Bertz CT molecular complexity index is 1990. The van der Waals surface area contributed by atoms with Gasteiger partial charge >= 0.3 is 0 Å². The Hall–Kier alpha value is -4.23. The largest absolute Gasteiger partial charge is 0.508 e. The molecule has 0 heterocycles. The van der Waals surface area contributed by atoms with E-state index in [1.54, 1.807) is 20.8 Å². The van der Waals surface area contributed by atoms with Gasteiger partial charge in [0, 0.05) is 22.3 Å². The second-order valence-corrected chi connectivity index (χ2v) is 17.9. The maximum absolute atomic E-state index is 14.6. The van der Waals surface area contributed by atoms with Crippen molar-refractivity contribution in [2.75, 3.05) is 0 Å². The van der Waals surface area contributed by atoms with Gasteiger partial charge in [0.25, 0.3) is 0 Å². The van der Waals surface area contributed by atoms with Gasteiger partial charge < -0.3 is 20.4 Å². The molecule has 2 aromatic carbocycles. The highest BCUT2D eigenvalue weighted by atomic mass is 16.3. The van der Waals surface area contributed by atoms with E-state index in [2.05, 4.69) is 46.1 Å². The topological polar surface area (TPSA) is 132 Å². The van der Waals surface area contributed by atoms with Gasteiger partial charge in [-0.25, -0.2) is 0 Å². The van der Waals surface area contributed by atoms with Crippen molar-refractivity contribution in [2.45, 2.75) is 99.5 Å². The second-order valence-electron chi connectivity index (χ2n) is 17.9. The van der Waals surface area contributed by atoms with Crippen LogP contribution >= 0.6 is 0 Å². The molecular formula is C45H54O7. The van der Waals surface area contributed by atoms with E-state index in [1.807, 2.05) is 25.1 Å². The SMILES string of the molecule is C=C(Cc1ccc(-c2ccc(O)c3c2C[C@]2(C)C[C@]4(C)C(C(C)C)C(=O)C(C(C)=O)=C(O)[C@]4(O)C(=O)C2=C3O)cc1)C1CCCC1C(=C)C(C)(C)C. The van der Waals surface area contributed by atoms with E-state index in [4.69, 9.17) is 0 Å². The molecular weight excluding hydrogens is 652 g/mol. The molecule has 2 saturated carbocycles. The monoisotopic (exact) mass is 706 g/mol. The predicted octanol–water partition coefficient (Wildman–Crippen LogP) is 8.97. The summed E-state index contributed by atoms with van der Waals surface area (Å²) in [5.74, 6) is -4.49. The number of rotatable bonds is 7. The Labute approximate surface area is 307 Å². The number of allylic oxidation sites excluding steroid dienone is 3. The maximum atomic E-state index is 14.6. The van der Waals surface area contributed by atoms with Gasteiger partial charge in [-0.15, -0.1) is 0 Å². The molecule has 0 aromatic heterocycles. The normalized spacial score (nSPS) is 30.3. The van der Waals surface area contributed by atoms with Gasteiger partial charge in [0.1, 0.15) is 22.8 Å². The first-order chi connectivity index (χ1) is 24.1. The molecule has 2 aromatic rings. The van der Waals surface area contributed by atoms with Crippen LogP contribution in [0.5, 0.6) is 5.75 Å². The van der Waals surface area contributed by atoms with E-state index in [0.29, 0.717) is 17.4 Å². The molecule has 7 heteroatoms. The summed E-state index contributed by atoms with van der Waals surface area (Å²) in [6.07, 6.45) is 4.45. The lowest BCUT2D eigenvalue weighted by Gasteiger charge is -2.59. The Kier molecular flexibility index (Phi) is 8.97. The molecule has 0 aliphatic heterocycles. The lowest BCUT2D eigenvalue weighted by Crippen LogP contribution is -2.69. The standard InChI is InChI=1S/C45H54O7/c1-23(2)36-38(48)34(26(5)46)40(50)45(52)41(51)37-39(49)35-32(21-43(37,9)22-44(36,45)10)31(18-19-33(35)47)28-16-14-27(15-17-28)20-24(3)29-12-11-13-30(29)25(4)42(6,7)8/h14-19,23,29-30,36,47,49-50,52H,3-4,11-13,20-22H2,1-2,5-10H3/t29?,30?,36?,43-,44-,45+/m1/s1. The molecule has 4 aliphatic carbocycles. The smallest absolute Gasteiger partial charge is 0.203 e. The number of carbonyl (C=O) groups excluding carboxylic acids is 3. The van der Waals surface area contributed by atoms with Crippen LogP contribution < -0.4 is 0 Å². The fourth-order valence-electron chi connectivity index (χ4n) is 10.6. The van der Waals surface area contributed by atoms with E-state index in [9.17, 15) is 34.8 Å². The Morgan fingerprint density at radius 2 is 1.58 bits per heavy atom. The number of Topliss-reactive ketones (excluding diaryl/α,β-unsaturated/α-hetero) is 3. The average molecular weight is 707 g/mol. The van der Waals surface area contributed by atoms with Crippen molar-refractivity contribution in [1.29, 1.82) is 0 Å². The van der Waals surface area contributed by atoms with Gasteiger partial charge in [0.05, 0.1) is 5.56 Å². The molecule has 4 aliphatic rings. The molecule has 52 heavy (non-hydrogen) atoms. The van der Waals surface area contributed by atoms with Crippen LogP contribution in [0.1, 0.15) is 97.8 Å². The Morgan fingerprint density at radius 1 is 0.962 bits per heavy atom. The van der Waals surface area contributed by atoms with Gasteiger partial charge in [0.2, 0.25) is 5.78 Å². The minimum Gasteiger partial charge on any atom is -0.508 e. The number of fused-ring (bicyclic) bond motifs is 3. The van der Waals surface area contributed by atoms with E-state index >= 15 is 0 Å². The molecule has 0 bridgehead atoms. The van der Waals surface area contributed by atoms with Crippen LogP contribution in [0, 0.1) is 39.9 Å². The number of hydrogen-bond acceptors (Lipinski definition) is 7. The van der Waals surface area contributed by atoms with Crippen LogP contribution in [0.4, 0.5) is 0 Å². The van der Waals surface area contributed by atoms with Crippen molar-refractivity contribution in [3.8, 4) is 16.9 Å². The number of aromatic hydroxyl groups is 1. The highest BCUT2D eigenvalue weighted by Crippen LogP contribution is 2.65. The third-order valence-corrected chi connectivity index (χ3v) is 13.0. The zero-order valence-electron chi connectivity index (χ0n) is 31.9. The van der Waals surface area contributed by atoms with Crippen molar-refractivity contribution >= 4 is 23.1 Å². The van der Waals surface area contributed by atoms with Crippen molar-refractivity contribution in [1.82, 2.24) is 0 Å². The molecule has 276 valence electrons. The first-order valence-electron chi connectivity index (χ1n) is 18.6. The van der Waals surface area contributed by atoms with Gasteiger partial charge in [-0.05, 0) is 90.5 Å². The highest BCUT2D eigenvalue weighted by molar-refractivity contribution is 6.24. The van der Waals surface area contributed by atoms with Crippen LogP contribution in [-0.4, -0.2) is 43.4 Å². The van der Waals surface area contributed by atoms with E-state index < -0.39 is 56.8 Å². The van der Waals surface area contributed by atoms with Crippen LogP contribution in [0.3, 0.4) is 0 Å². The second kappa shape index (κ2) is 12.4. The van der Waals surface area contributed by atoms with Crippen molar-refractivity contribution in [3.63, 3.8) is 0 Å². The number of carbonyl (C=O) groups is 3. The zero-order chi connectivity index (χ0) is 38.5. The maximum Gasteiger partial charge on any atom is 0.203 e. The summed E-state index contributed by atoms with van der Waals surface area (Å²) >= 11 is 0. The summed E-state index contributed by atoms with van der Waals surface area (Å²) in [6, 6.07) is 11.5. The summed E-state index contributed by atoms with van der Waals surface area (Å²) in [5, 5.41) is 46.8. The van der Waals surface area contributed by atoms with Crippen LogP contribution in [-0.2, 0) is 27.2 Å². The fraction of sp³-hybridized carbons (Fsp3) is 0.489. The number of aliphatic hydroxyl groups excluding tert-OH is 2. The van der Waals surface area contributed by atoms with Gasteiger partial charge in [-0.2, -0.15) is 0 Å². The number of benzene rings is 2. The summed E-state index contributed by atoms with van der Waals surface area (Å²) in [7, 11) is 0. The molecule has 0 radical (unpaired) electrons. The number of phenolic OH excluding ortho intramolecular Hbond substituents is 1. The molecule has 7 nitrogen and oxygen atoms in total. The van der Waals surface area contributed by atoms with Crippen molar-refractivity contribution < 1.29 is 34.8 Å². The minimum absolute atomic E-state index is 0.0465. The number of phenols is 1. The first kappa shape index (κ1) is 37.5. The van der Waals surface area contributed by atoms with E-state index in [-0.39, 0.29) is 41.1 Å². The third kappa shape index (κ3) is 5.36. The predicted molar refractivity (Wildman–Crippen MR) is 204 cm³/mol. The number of aliphatic hydroxyl groups is 3. The molecule has 0 saturated heterocycles. The summed E-state index contributed by atoms with van der Waals surface area (Å²) < 4.78 is 0. The molecule has 2 fully saturated rings. The minimum atomic E-state index is -2.64. The van der Waals surface area contributed by atoms with Crippen LogP contribution in [0.15, 0.2) is 77.6 Å². The van der Waals surface area contributed by atoms with E-state index in [1.165, 1.54) is 23.6 Å². The third-order valence-electron chi connectivity index (χ3n) is 13.0. The first-order valence-corrected chi connectivity index (χ1v) is 18.6. The van der Waals surface area contributed by atoms with Gasteiger partial charge in [-0.3, -0.25) is 14.4 Å². The Balaban J connectivity index is 1.39. The lowest BCUT2D eigenvalue weighted by atomic mass is 9.43. The summed E-state index contributed by atoms with van der Waals surface area (Å²) in [6.45, 7) is 23.8. The van der Waals surface area contributed by atoms with Crippen LogP contribution in [0.2, 0.25) is 0 Å². The quantitative estimate of drug-likeness (QED) is 0.167. The lowest BCUT2D eigenvalue weighted by molar-refractivity contribution is -0.178. The molecule has 6 rings (SSSR count). The van der Waals surface area contributed by atoms with Gasteiger partial charge in [0.15, 0.2) is 17.2 Å². The molecule has 4 N–H and O–H groups in total. The summed E-state index contributed by atoms with van der Waals surface area (Å²) in [4.78, 5) is 41.1. The summed E-state index contributed by atoms with van der Waals surface area (Å²) in [5.41, 5.74) is 0.126. The van der Waals surface area contributed by atoms with Crippen LogP contribution in [0.25, 0.3) is 16.9 Å². The Morgan fingerprint density at radius 3 is 2.15 bits per heavy atom. The zero-order valence-corrected chi connectivity index (χ0v) is 31.9.